The first-order valence-corrected chi connectivity index (χ1v) is 12.1. The largest absolute Gasteiger partial charge is 0.497 e. The third-order valence-electron chi connectivity index (χ3n) is 8.28. The van der Waals surface area contributed by atoms with Gasteiger partial charge in [0.05, 0.1) is 13.0 Å². The Labute approximate surface area is 196 Å². The second-order valence-electron chi connectivity index (χ2n) is 10.3. The topological polar surface area (TPSA) is 59.1 Å². The summed E-state index contributed by atoms with van der Waals surface area (Å²) in [5.41, 5.74) is 2.80. The lowest BCUT2D eigenvalue weighted by molar-refractivity contribution is -0.144. The molecule has 6 nitrogen and oxygen atoms in total. The average molecular weight is 451 g/mol. The van der Waals surface area contributed by atoms with Crippen molar-refractivity contribution in [2.75, 3.05) is 38.2 Å². The van der Waals surface area contributed by atoms with Crippen molar-refractivity contribution in [1.29, 1.82) is 0 Å². The summed E-state index contributed by atoms with van der Waals surface area (Å²) in [6.07, 6.45) is 5.36. The predicted molar refractivity (Wildman–Crippen MR) is 127 cm³/mol. The van der Waals surface area contributed by atoms with Gasteiger partial charge in [0.15, 0.2) is 5.78 Å². The number of methoxy groups -OCH3 is 1. The molecule has 2 saturated heterocycles. The molecule has 176 valence electrons. The third kappa shape index (κ3) is 3.78. The van der Waals surface area contributed by atoms with E-state index in [1.54, 1.807) is 13.2 Å². The number of benzene rings is 1. The number of anilines is 1. The number of esters is 1. The van der Waals surface area contributed by atoms with Crippen molar-refractivity contribution in [1.82, 2.24) is 4.90 Å². The first kappa shape index (κ1) is 22.2. The van der Waals surface area contributed by atoms with Crippen LogP contribution in [0.5, 0.6) is 5.75 Å². The van der Waals surface area contributed by atoms with Crippen LogP contribution in [0.3, 0.4) is 0 Å². The Balaban J connectivity index is 1.29. The summed E-state index contributed by atoms with van der Waals surface area (Å²) in [4.78, 5) is 30.2. The van der Waals surface area contributed by atoms with Gasteiger partial charge in [0.2, 0.25) is 0 Å². The average Bonchev–Trinajstić information content (AvgIpc) is 3.11. The molecule has 0 bridgehead atoms. The number of fused-ring (bicyclic) bond motifs is 3. The smallest absolute Gasteiger partial charge is 0.311 e. The summed E-state index contributed by atoms with van der Waals surface area (Å²) in [5.74, 6) is 0.842. The van der Waals surface area contributed by atoms with Crippen LogP contribution in [0.4, 0.5) is 5.69 Å². The predicted octanol–water partition coefficient (Wildman–Crippen LogP) is 3.62. The van der Waals surface area contributed by atoms with E-state index in [2.05, 4.69) is 35.8 Å². The van der Waals surface area contributed by atoms with Crippen LogP contribution >= 0.6 is 0 Å². The van der Waals surface area contributed by atoms with Gasteiger partial charge >= 0.3 is 5.97 Å². The molecule has 2 aliphatic carbocycles. The zero-order valence-electron chi connectivity index (χ0n) is 20.0. The number of carbonyl (C=O) groups excluding carboxylic acids is 2. The van der Waals surface area contributed by atoms with Gasteiger partial charge < -0.3 is 14.4 Å². The van der Waals surface area contributed by atoms with Crippen molar-refractivity contribution in [2.45, 2.75) is 45.8 Å². The highest BCUT2D eigenvalue weighted by Crippen LogP contribution is 2.53. The van der Waals surface area contributed by atoms with Crippen LogP contribution in [0, 0.1) is 17.3 Å². The summed E-state index contributed by atoms with van der Waals surface area (Å²) in [6.45, 7) is 9.74. The van der Waals surface area contributed by atoms with E-state index < -0.39 is 0 Å². The van der Waals surface area contributed by atoms with Gasteiger partial charge in [-0.2, -0.15) is 0 Å². The van der Waals surface area contributed by atoms with Crippen LogP contribution in [-0.4, -0.2) is 62.1 Å². The molecule has 0 spiro atoms. The lowest BCUT2D eigenvalue weighted by Crippen LogP contribution is -2.53. The molecule has 3 fully saturated rings. The van der Waals surface area contributed by atoms with Crippen molar-refractivity contribution in [3.05, 3.63) is 47.6 Å². The minimum Gasteiger partial charge on any atom is -0.497 e. The van der Waals surface area contributed by atoms with Crippen LogP contribution in [-0.2, 0) is 14.3 Å². The van der Waals surface area contributed by atoms with E-state index in [1.807, 2.05) is 25.1 Å². The number of hydrogen-bond acceptors (Lipinski definition) is 6. The first-order chi connectivity index (χ1) is 15.8. The third-order valence-corrected chi connectivity index (χ3v) is 8.28. The maximum Gasteiger partial charge on any atom is 0.311 e. The molecule has 2 heterocycles. The zero-order valence-corrected chi connectivity index (χ0v) is 20.0. The Hall–Kier alpha value is -2.60. The number of piperazine rings is 1. The van der Waals surface area contributed by atoms with Crippen molar-refractivity contribution in [3.63, 3.8) is 0 Å². The van der Waals surface area contributed by atoms with E-state index >= 15 is 0 Å². The van der Waals surface area contributed by atoms with Crippen molar-refractivity contribution >= 4 is 17.4 Å². The second kappa shape index (κ2) is 8.32. The molecule has 1 aromatic rings. The standard InChI is InChI=1S/C27H34N2O4/c1-17-15-28(12-13-29(17)19-6-5-7-20(14-19)32-4)16-22-21-8-10-27(3)11-9-23(30)18(2)24(27)25(21)33-26(22)31/h5-7,9,11,14,17,21-22,25H,8,10,12-13,15-16H2,1-4H3/t17-,21+,22+,25+,27+/m1/s1. The lowest BCUT2D eigenvalue weighted by atomic mass is 9.61. The van der Waals surface area contributed by atoms with Gasteiger partial charge in [0, 0.05) is 60.9 Å². The van der Waals surface area contributed by atoms with Gasteiger partial charge in [0.1, 0.15) is 11.9 Å². The number of rotatable bonds is 4. The quantitative estimate of drug-likeness (QED) is 0.653. The van der Waals surface area contributed by atoms with E-state index in [1.165, 1.54) is 5.69 Å². The Bertz CT molecular complexity index is 1030. The number of hydrogen-bond donors (Lipinski definition) is 0. The number of carbonyl (C=O) groups is 2. The van der Waals surface area contributed by atoms with Gasteiger partial charge in [-0.05, 0) is 50.5 Å². The molecule has 0 amide bonds. The highest BCUT2D eigenvalue weighted by atomic mass is 16.6. The Kier molecular flexibility index (Phi) is 5.60. The normalized spacial score (nSPS) is 34.2. The number of ketones is 1. The summed E-state index contributed by atoms with van der Waals surface area (Å²) < 4.78 is 11.4. The highest BCUT2D eigenvalue weighted by Gasteiger charge is 2.54. The molecule has 1 saturated carbocycles. The molecular formula is C27H34N2O4. The molecule has 0 aromatic heterocycles. The van der Waals surface area contributed by atoms with Crippen LogP contribution in [0.15, 0.2) is 47.6 Å². The Morgan fingerprint density at radius 2 is 2.06 bits per heavy atom. The second-order valence-corrected chi connectivity index (χ2v) is 10.3. The highest BCUT2D eigenvalue weighted by molar-refractivity contribution is 6.05. The van der Waals surface area contributed by atoms with Gasteiger partial charge in [-0.3, -0.25) is 14.5 Å². The molecular weight excluding hydrogens is 416 g/mol. The van der Waals surface area contributed by atoms with Crippen LogP contribution in [0.1, 0.15) is 33.6 Å². The molecule has 4 aliphatic rings. The van der Waals surface area contributed by atoms with E-state index in [-0.39, 0.29) is 35.1 Å². The minimum absolute atomic E-state index is 0.0464. The van der Waals surface area contributed by atoms with E-state index in [0.717, 1.165) is 55.9 Å². The monoisotopic (exact) mass is 450 g/mol. The number of ether oxygens (including phenoxy) is 2. The van der Waals surface area contributed by atoms with Crippen LogP contribution in [0.25, 0.3) is 0 Å². The molecule has 5 atom stereocenters. The SMILES string of the molecule is COc1cccc(N2CCN(C[C@@H]3C(=O)O[C@@H]4C5=C(C)C(=O)C=C[C@]5(C)CC[C@@H]34)C[C@H]2C)c1. The lowest BCUT2D eigenvalue weighted by Gasteiger charge is -2.44. The van der Waals surface area contributed by atoms with E-state index in [0.29, 0.717) is 6.04 Å². The maximum atomic E-state index is 13.0. The summed E-state index contributed by atoms with van der Waals surface area (Å²) >= 11 is 0. The zero-order chi connectivity index (χ0) is 23.3. The Morgan fingerprint density at radius 3 is 2.82 bits per heavy atom. The fraction of sp³-hybridized carbons (Fsp3) is 0.556. The fourth-order valence-electron chi connectivity index (χ4n) is 6.43. The molecule has 0 radical (unpaired) electrons. The van der Waals surface area contributed by atoms with Crippen molar-refractivity contribution in [2.24, 2.45) is 17.3 Å². The van der Waals surface area contributed by atoms with E-state index in [4.69, 9.17) is 9.47 Å². The molecule has 6 heteroatoms. The Morgan fingerprint density at radius 1 is 1.24 bits per heavy atom. The molecule has 0 unspecified atom stereocenters. The van der Waals surface area contributed by atoms with Gasteiger partial charge in [-0.25, -0.2) is 0 Å². The molecule has 1 aromatic carbocycles. The van der Waals surface area contributed by atoms with Gasteiger partial charge in [-0.15, -0.1) is 0 Å². The van der Waals surface area contributed by atoms with E-state index in [9.17, 15) is 9.59 Å². The summed E-state index contributed by atoms with van der Waals surface area (Å²) in [5, 5.41) is 0. The van der Waals surface area contributed by atoms with Gasteiger partial charge in [-0.1, -0.05) is 19.1 Å². The number of nitrogens with zero attached hydrogens (tertiary/aromatic N) is 2. The molecule has 33 heavy (non-hydrogen) atoms. The first-order valence-electron chi connectivity index (χ1n) is 12.1. The van der Waals surface area contributed by atoms with Crippen LogP contribution in [0.2, 0.25) is 0 Å². The molecule has 2 aliphatic heterocycles. The maximum absolute atomic E-state index is 13.0. The number of allylic oxidation sites excluding steroid dienone is 3. The van der Waals surface area contributed by atoms with Crippen LogP contribution < -0.4 is 9.64 Å². The minimum atomic E-state index is -0.259. The summed E-state index contributed by atoms with van der Waals surface area (Å²) in [7, 11) is 1.69. The fourth-order valence-corrected chi connectivity index (χ4v) is 6.43. The summed E-state index contributed by atoms with van der Waals surface area (Å²) in [6, 6.07) is 8.54. The van der Waals surface area contributed by atoms with Gasteiger partial charge in [0.25, 0.3) is 0 Å². The molecule has 0 N–H and O–H groups in total. The molecule has 5 rings (SSSR count). The van der Waals surface area contributed by atoms with Crippen molar-refractivity contribution < 1.29 is 19.1 Å². The van der Waals surface area contributed by atoms with Crippen molar-refractivity contribution in [3.8, 4) is 5.75 Å².